The average Bonchev–Trinajstić information content (AvgIpc) is 2.41. The molecule has 1 aliphatic rings. The van der Waals surface area contributed by atoms with Crippen molar-refractivity contribution in [2.24, 2.45) is 5.92 Å². The number of aromatic carboxylic acids is 1. The third kappa shape index (κ3) is 4.08. The first kappa shape index (κ1) is 15.1. The van der Waals surface area contributed by atoms with Crippen LogP contribution in [0, 0.1) is 5.92 Å². The Hall–Kier alpha value is -1.33. The summed E-state index contributed by atoms with van der Waals surface area (Å²) in [4.78, 5) is 17.5. The minimum absolute atomic E-state index is 0.165. The summed E-state index contributed by atoms with van der Waals surface area (Å²) < 4.78 is 0. The van der Waals surface area contributed by atoms with E-state index < -0.39 is 5.97 Å². The Morgan fingerprint density at radius 2 is 2.20 bits per heavy atom. The number of carbonyl (C=O) groups is 1. The molecule has 2 rings (SSSR count). The summed E-state index contributed by atoms with van der Waals surface area (Å²) in [6.45, 7) is 3.00. The van der Waals surface area contributed by atoms with Crippen molar-refractivity contribution in [1.82, 2.24) is 9.88 Å². The molecule has 0 aliphatic carbocycles. The van der Waals surface area contributed by atoms with Crippen LogP contribution in [0.15, 0.2) is 12.1 Å². The highest BCUT2D eigenvalue weighted by Gasteiger charge is 2.17. The van der Waals surface area contributed by atoms with Gasteiger partial charge in [-0.3, -0.25) is 0 Å². The van der Waals surface area contributed by atoms with Gasteiger partial charge in [0.1, 0.15) is 16.5 Å². The average molecular weight is 298 g/mol. The number of carboxylic acid groups (broad SMARTS) is 1. The second-order valence-electron chi connectivity index (χ2n) is 5.30. The van der Waals surface area contributed by atoms with Gasteiger partial charge in [-0.2, -0.15) is 0 Å². The summed E-state index contributed by atoms with van der Waals surface area (Å²) in [6, 6.07) is 2.97. The number of anilines is 1. The zero-order valence-electron chi connectivity index (χ0n) is 11.6. The van der Waals surface area contributed by atoms with Crippen molar-refractivity contribution in [3.63, 3.8) is 0 Å². The van der Waals surface area contributed by atoms with E-state index in [2.05, 4.69) is 22.2 Å². The Kier molecular flexibility index (Phi) is 5.20. The molecule has 0 saturated carbocycles. The zero-order valence-corrected chi connectivity index (χ0v) is 12.4. The van der Waals surface area contributed by atoms with E-state index in [1.807, 2.05) is 0 Å². The van der Waals surface area contributed by atoms with Crippen LogP contribution < -0.4 is 5.32 Å². The highest BCUT2D eigenvalue weighted by molar-refractivity contribution is 6.29. The molecule has 1 aliphatic heterocycles. The van der Waals surface area contributed by atoms with Crippen molar-refractivity contribution in [2.45, 2.75) is 19.3 Å². The van der Waals surface area contributed by atoms with Crippen LogP contribution in [-0.2, 0) is 0 Å². The van der Waals surface area contributed by atoms with Gasteiger partial charge in [0, 0.05) is 6.54 Å². The van der Waals surface area contributed by atoms with E-state index in [1.54, 1.807) is 0 Å². The second kappa shape index (κ2) is 6.90. The van der Waals surface area contributed by atoms with Gasteiger partial charge in [-0.25, -0.2) is 9.78 Å². The van der Waals surface area contributed by atoms with Gasteiger partial charge in [-0.15, -0.1) is 0 Å². The van der Waals surface area contributed by atoms with E-state index in [0.29, 0.717) is 16.9 Å². The topological polar surface area (TPSA) is 65.5 Å². The summed E-state index contributed by atoms with van der Waals surface area (Å²) in [7, 11) is 2.14. The van der Waals surface area contributed by atoms with Gasteiger partial charge in [-0.1, -0.05) is 11.6 Å². The zero-order chi connectivity index (χ0) is 14.5. The molecule has 1 aromatic heterocycles. The Bertz CT molecular complexity index is 473. The quantitative estimate of drug-likeness (QED) is 0.818. The van der Waals surface area contributed by atoms with Crippen LogP contribution in [0.3, 0.4) is 0 Å². The lowest BCUT2D eigenvalue weighted by atomic mass is 9.94. The number of piperidine rings is 1. The Balaban J connectivity index is 1.87. The summed E-state index contributed by atoms with van der Waals surface area (Å²) in [5, 5.41) is 12.5. The molecule has 0 amide bonds. The fourth-order valence-corrected chi connectivity index (χ4v) is 2.64. The van der Waals surface area contributed by atoms with E-state index in [9.17, 15) is 4.79 Å². The molecule has 0 spiro atoms. The van der Waals surface area contributed by atoms with Crippen LogP contribution in [0.4, 0.5) is 5.82 Å². The van der Waals surface area contributed by atoms with Gasteiger partial charge in [0.15, 0.2) is 0 Å². The monoisotopic (exact) mass is 297 g/mol. The molecule has 0 unspecified atom stereocenters. The fourth-order valence-electron chi connectivity index (χ4n) is 2.49. The van der Waals surface area contributed by atoms with Crippen molar-refractivity contribution in [3.05, 3.63) is 22.8 Å². The molecule has 1 aromatic rings. The predicted octanol–water partition coefficient (Wildman–Crippen LogP) is 2.58. The van der Waals surface area contributed by atoms with Crippen molar-refractivity contribution >= 4 is 23.4 Å². The SMILES string of the molecule is CN1CCC(CCNc2nc(Cl)ccc2C(=O)O)CC1. The number of aromatic nitrogens is 1. The Morgan fingerprint density at radius 3 is 2.85 bits per heavy atom. The fraction of sp³-hybridized carbons (Fsp3) is 0.571. The van der Waals surface area contributed by atoms with Gasteiger partial charge in [0.25, 0.3) is 0 Å². The van der Waals surface area contributed by atoms with Crippen LogP contribution in [0.5, 0.6) is 0 Å². The first-order valence-corrected chi connectivity index (χ1v) is 7.26. The molecule has 2 N–H and O–H groups in total. The number of rotatable bonds is 5. The normalized spacial score (nSPS) is 17.1. The molecule has 20 heavy (non-hydrogen) atoms. The molecule has 0 aromatic carbocycles. The molecule has 0 bridgehead atoms. The molecule has 0 radical (unpaired) electrons. The minimum atomic E-state index is -0.990. The van der Waals surface area contributed by atoms with Crippen LogP contribution in [0.1, 0.15) is 29.6 Å². The number of nitrogens with one attached hydrogen (secondary N) is 1. The highest BCUT2D eigenvalue weighted by Crippen LogP contribution is 2.21. The Morgan fingerprint density at radius 1 is 1.50 bits per heavy atom. The van der Waals surface area contributed by atoms with Crippen molar-refractivity contribution in [1.29, 1.82) is 0 Å². The maximum absolute atomic E-state index is 11.1. The van der Waals surface area contributed by atoms with Crippen LogP contribution in [-0.4, -0.2) is 47.6 Å². The van der Waals surface area contributed by atoms with E-state index >= 15 is 0 Å². The van der Waals surface area contributed by atoms with E-state index in [1.165, 1.54) is 25.0 Å². The number of pyridine rings is 1. The number of hydrogen-bond acceptors (Lipinski definition) is 4. The lowest BCUT2D eigenvalue weighted by Gasteiger charge is -2.28. The third-order valence-electron chi connectivity index (χ3n) is 3.77. The third-order valence-corrected chi connectivity index (χ3v) is 3.99. The minimum Gasteiger partial charge on any atom is -0.478 e. The molecule has 0 atom stereocenters. The lowest BCUT2D eigenvalue weighted by Crippen LogP contribution is -2.31. The second-order valence-corrected chi connectivity index (χ2v) is 5.68. The molecular formula is C14H20ClN3O2. The molecule has 2 heterocycles. The van der Waals surface area contributed by atoms with Crippen LogP contribution in [0.25, 0.3) is 0 Å². The number of nitrogens with zero attached hydrogens (tertiary/aromatic N) is 2. The van der Waals surface area contributed by atoms with E-state index in [-0.39, 0.29) is 5.56 Å². The first-order valence-electron chi connectivity index (χ1n) is 6.88. The molecule has 1 fully saturated rings. The van der Waals surface area contributed by atoms with E-state index in [4.69, 9.17) is 16.7 Å². The maximum Gasteiger partial charge on any atom is 0.339 e. The van der Waals surface area contributed by atoms with Gasteiger partial charge in [0.2, 0.25) is 0 Å². The number of hydrogen-bond donors (Lipinski definition) is 2. The van der Waals surface area contributed by atoms with Gasteiger partial charge in [-0.05, 0) is 57.5 Å². The number of likely N-dealkylation sites (tertiary alicyclic amines) is 1. The van der Waals surface area contributed by atoms with Gasteiger partial charge < -0.3 is 15.3 Å². The largest absolute Gasteiger partial charge is 0.478 e. The first-order chi connectivity index (χ1) is 9.56. The maximum atomic E-state index is 11.1. The molecule has 6 heteroatoms. The summed E-state index contributed by atoms with van der Waals surface area (Å²) in [5.74, 6) is 0.0695. The van der Waals surface area contributed by atoms with Crippen molar-refractivity contribution in [2.75, 3.05) is 32.0 Å². The van der Waals surface area contributed by atoms with Crippen LogP contribution >= 0.6 is 11.6 Å². The van der Waals surface area contributed by atoms with Gasteiger partial charge in [0.05, 0.1) is 0 Å². The van der Waals surface area contributed by atoms with Gasteiger partial charge >= 0.3 is 5.97 Å². The summed E-state index contributed by atoms with van der Waals surface area (Å²) in [5.41, 5.74) is 0.165. The number of carboxylic acids is 1. The summed E-state index contributed by atoms with van der Waals surface area (Å²) in [6.07, 6.45) is 3.43. The standard InChI is InChI=1S/C14H20ClN3O2/c1-18-8-5-10(6-9-18)4-7-16-13-11(14(19)20)2-3-12(15)17-13/h2-3,10H,4-9H2,1H3,(H,16,17)(H,19,20). The molecule has 1 saturated heterocycles. The molecule has 110 valence electrons. The highest BCUT2D eigenvalue weighted by atomic mass is 35.5. The van der Waals surface area contributed by atoms with Crippen LogP contribution in [0.2, 0.25) is 5.15 Å². The number of halogens is 1. The lowest BCUT2D eigenvalue weighted by molar-refractivity contribution is 0.0697. The summed E-state index contributed by atoms with van der Waals surface area (Å²) >= 11 is 5.82. The smallest absolute Gasteiger partial charge is 0.339 e. The van der Waals surface area contributed by atoms with E-state index in [0.717, 1.165) is 26.1 Å². The van der Waals surface area contributed by atoms with Crippen molar-refractivity contribution in [3.8, 4) is 0 Å². The Labute approximate surface area is 123 Å². The molecular weight excluding hydrogens is 278 g/mol. The predicted molar refractivity (Wildman–Crippen MR) is 79.5 cm³/mol. The molecule has 5 nitrogen and oxygen atoms in total. The van der Waals surface area contributed by atoms with Crippen molar-refractivity contribution < 1.29 is 9.90 Å².